The first-order valence-corrected chi connectivity index (χ1v) is 8.83. The maximum atomic E-state index is 9.43. The summed E-state index contributed by atoms with van der Waals surface area (Å²) in [5.41, 5.74) is 0. The Morgan fingerprint density at radius 2 is 1.62 bits per heavy atom. The van der Waals surface area contributed by atoms with E-state index in [4.69, 9.17) is 10.2 Å². The van der Waals surface area contributed by atoms with Gasteiger partial charge in [0.05, 0.1) is 0 Å². The number of carbonyl (C=O) groups is 2. The van der Waals surface area contributed by atoms with Crippen molar-refractivity contribution in [1.29, 1.82) is 0 Å². The Morgan fingerprint density at radius 1 is 1.12 bits per heavy atom. The molecule has 90 valence electrons. The Morgan fingerprint density at radius 3 is 1.94 bits per heavy atom. The van der Waals surface area contributed by atoms with Crippen molar-refractivity contribution in [2.75, 3.05) is 0 Å². The molecule has 0 saturated heterocycles. The molecular weight excluding hydrogens is 236 g/mol. The van der Waals surface area contributed by atoms with Crippen molar-refractivity contribution in [3.05, 3.63) is 0 Å². The van der Waals surface area contributed by atoms with E-state index in [0.29, 0.717) is 0 Å². The van der Waals surface area contributed by atoms with Crippen molar-refractivity contribution < 1.29 is 19.8 Å². The molecule has 4 nitrogen and oxygen atoms in total. The van der Waals surface area contributed by atoms with Crippen LogP contribution in [0.5, 0.6) is 0 Å². The fourth-order valence-corrected chi connectivity index (χ4v) is 5.09. The molecule has 0 aromatic heterocycles. The molecule has 1 saturated carbocycles. The molecule has 1 aliphatic carbocycles. The minimum Gasteiger partial charge on any atom is -0.481 e. The van der Waals surface area contributed by atoms with Crippen LogP contribution in [0.2, 0.25) is 4.53 Å². The fourth-order valence-electron chi connectivity index (χ4n) is 2.01. The third-order valence-corrected chi connectivity index (χ3v) is 6.18. The van der Waals surface area contributed by atoms with Gasteiger partial charge in [0, 0.05) is 0 Å². The van der Waals surface area contributed by atoms with Gasteiger partial charge in [0.2, 0.25) is 0 Å². The van der Waals surface area contributed by atoms with E-state index in [1.165, 1.54) is 8.44 Å². The van der Waals surface area contributed by atoms with Crippen LogP contribution in [0.15, 0.2) is 0 Å². The van der Waals surface area contributed by atoms with E-state index in [0.717, 1.165) is 0 Å². The van der Waals surface area contributed by atoms with Gasteiger partial charge in [-0.3, -0.25) is 9.59 Å². The summed E-state index contributed by atoms with van der Waals surface area (Å²) in [5.74, 6) is -2.62. The molecule has 0 aromatic rings. The Bertz CT molecular complexity index is 197. The molecule has 1 rings (SSSR count). The second-order valence-corrected chi connectivity index (χ2v) is 8.52. The SMILES string of the molecule is C[CH2][Ca][CH]1CCCCC1.O=C(O)CC(=O)O. The zero-order chi connectivity index (χ0) is 12.4. The first kappa shape index (κ1) is 16.2. The largest absolute Gasteiger partial charge is 0.481 e. The van der Waals surface area contributed by atoms with Gasteiger partial charge in [0.15, 0.2) is 0 Å². The van der Waals surface area contributed by atoms with E-state index >= 15 is 0 Å². The molecule has 0 spiro atoms. The van der Waals surface area contributed by atoms with Crippen LogP contribution in [-0.2, 0) is 9.59 Å². The van der Waals surface area contributed by atoms with Crippen LogP contribution in [0.4, 0.5) is 0 Å². The van der Waals surface area contributed by atoms with Crippen molar-refractivity contribution in [2.24, 2.45) is 0 Å². The van der Waals surface area contributed by atoms with Gasteiger partial charge in [-0.1, -0.05) is 0 Å². The number of carboxylic acid groups (broad SMARTS) is 2. The number of hydrogen-bond donors (Lipinski definition) is 2. The van der Waals surface area contributed by atoms with Gasteiger partial charge in [0.1, 0.15) is 6.42 Å². The summed E-state index contributed by atoms with van der Waals surface area (Å²) in [5, 5.41) is 15.4. The van der Waals surface area contributed by atoms with Crippen molar-refractivity contribution in [3.63, 3.8) is 0 Å². The van der Waals surface area contributed by atoms with E-state index in [2.05, 4.69) is 6.92 Å². The van der Waals surface area contributed by atoms with E-state index in [9.17, 15) is 9.59 Å². The molecule has 0 heterocycles. The smallest absolute Gasteiger partial charge is 0.314 e. The topological polar surface area (TPSA) is 74.6 Å². The summed E-state index contributed by atoms with van der Waals surface area (Å²) in [6.07, 6.45) is 7.04. The van der Waals surface area contributed by atoms with Crippen molar-refractivity contribution >= 4 is 45.8 Å². The van der Waals surface area contributed by atoms with Crippen LogP contribution >= 0.6 is 0 Å². The molecule has 0 aromatic carbocycles. The van der Waals surface area contributed by atoms with Gasteiger partial charge in [0.25, 0.3) is 0 Å². The number of aliphatic carboxylic acids is 2. The van der Waals surface area contributed by atoms with Gasteiger partial charge in [-0.25, -0.2) is 0 Å². The molecule has 1 fully saturated rings. The van der Waals surface area contributed by atoms with Crippen LogP contribution < -0.4 is 0 Å². The summed E-state index contributed by atoms with van der Waals surface area (Å²) in [4.78, 5) is 18.9. The maximum absolute atomic E-state index is 9.43. The molecule has 5 heteroatoms. The molecule has 0 amide bonds. The molecule has 1 aliphatic rings. The standard InChI is InChI=1S/C6H11.C3H4O4.C2H5.Ca/c1-2-4-6-5-3-1;4-2(5)1-3(6)7;1-2;/h1H,2-6H2;1H2,(H,4,5)(H,6,7);1H2,2H3;. The summed E-state index contributed by atoms with van der Waals surface area (Å²) < 4.78 is 2.87. The van der Waals surface area contributed by atoms with Crippen molar-refractivity contribution in [2.45, 2.75) is 50.0 Å². The molecule has 16 heavy (non-hydrogen) atoms. The van der Waals surface area contributed by atoms with Crippen LogP contribution in [0, 0.1) is 0 Å². The summed E-state index contributed by atoms with van der Waals surface area (Å²) >= 11 is -0.0126. The van der Waals surface area contributed by atoms with Crippen molar-refractivity contribution in [1.82, 2.24) is 0 Å². The molecule has 0 radical (unpaired) electrons. The zero-order valence-corrected chi connectivity index (χ0v) is 12.2. The van der Waals surface area contributed by atoms with Gasteiger partial charge in [-0.05, 0) is 0 Å². The Kier molecular flexibility index (Phi) is 10.5. The van der Waals surface area contributed by atoms with Crippen LogP contribution in [0.3, 0.4) is 0 Å². The van der Waals surface area contributed by atoms with Gasteiger partial charge in [-0.15, -0.1) is 0 Å². The minimum absolute atomic E-state index is 0.0126. The molecule has 0 unspecified atom stereocenters. The molecule has 0 aliphatic heterocycles. The minimum atomic E-state index is -1.31. The first-order valence-electron chi connectivity index (χ1n) is 5.99. The second kappa shape index (κ2) is 10.4. The average molecular weight is 256 g/mol. The van der Waals surface area contributed by atoms with E-state index in [-0.39, 0.29) is 33.8 Å². The van der Waals surface area contributed by atoms with Crippen molar-refractivity contribution in [3.8, 4) is 0 Å². The average Bonchev–Trinajstić information content (AvgIpc) is 2.18. The van der Waals surface area contributed by atoms with Crippen LogP contribution in [0.25, 0.3) is 0 Å². The van der Waals surface area contributed by atoms with Gasteiger partial charge < -0.3 is 10.2 Å². The predicted molar refractivity (Wildman–Crippen MR) is 63.0 cm³/mol. The molecule has 2 N–H and O–H groups in total. The first-order chi connectivity index (χ1) is 7.56. The predicted octanol–water partition coefficient (Wildman–Crippen LogP) is 2.43. The van der Waals surface area contributed by atoms with E-state index in [1.54, 1.807) is 28.2 Å². The van der Waals surface area contributed by atoms with Gasteiger partial charge in [-0.2, -0.15) is 0 Å². The van der Waals surface area contributed by atoms with E-state index in [1.807, 2.05) is 0 Å². The maximum Gasteiger partial charge on any atom is 0.314 e. The number of hydrogen-bond acceptors (Lipinski definition) is 2. The Balaban J connectivity index is 0.000000293. The number of rotatable bonds is 4. The normalized spacial score (nSPS) is 15.6. The summed E-state index contributed by atoms with van der Waals surface area (Å²) in [6, 6.07) is 0. The van der Waals surface area contributed by atoms with Gasteiger partial charge >= 0.3 is 89.3 Å². The summed E-state index contributed by atoms with van der Waals surface area (Å²) in [6.45, 7) is 2.38. The fraction of sp³-hybridized carbons (Fsp3) is 0.818. The zero-order valence-electron chi connectivity index (χ0n) is 9.95. The Hall–Kier alpha value is 0.200. The van der Waals surface area contributed by atoms with Crippen LogP contribution in [0.1, 0.15) is 45.4 Å². The quantitative estimate of drug-likeness (QED) is 0.598. The van der Waals surface area contributed by atoms with E-state index < -0.39 is 18.4 Å². The molecule has 0 bridgehead atoms. The molecule has 0 atom stereocenters. The third-order valence-electron chi connectivity index (χ3n) is 2.72. The molecular formula is C11H20CaO4. The second-order valence-electron chi connectivity index (χ2n) is 4.26. The van der Waals surface area contributed by atoms with Crippen LogP contribution in [-0.4, -0.2) is 56.0 Å². The Labute approximate surface area is 115 Å². The summed E-state index contributed by atoms with van der Waals surface area (Å²) in [7, 11) is 0. The third kappa shape index (κ3) is 10.7. The number of carboxylic acids is 2. The monoisotopic (exact) mass is 256 g/mol.